The molecule has 0 amide bonds. The van der Waals surface area contributed by atoms with Crippen LogP contribution in [0.1, 0.15) is 159 Å². The Morgan fingerprint density at radius 2 is 1.19 bits per heavy atom. The predicted octanol–water partition coefficient (Wildman–Crippen LogP) is 12.8. The number of nitrogens with zero attached hydrogens (tertiary/aromatic N) is 2. The lowest BCUT2D eigenvalue weighted by molar-refractivity contribution is -0.345. The zero-order valence-corrected chi connectivity index (χ0v) is 27.9. The fourth-order valence-electron chi connectivity index (χ4n) is 6.12. The second-order valence-electron chi connectivity index (χ2n) is 12.6. The second kappa shape index (κ2) is 20.1. The van der Waals surface area contributed by atoms with Gasteiger partial charge in [-0.3, -0.25) is 0 Å². The van der Waals surface area contributed by atoms with Crippen LogP contribution in [-0.2, 0) is 6.42 Å². The number of hydrogen-bond acceptors (Lipinski definition) is 0. The van der Waals surface area contributed by atoms with Crippen LogP contribution in [0.5, 0.6) is 0 Å². The van der Waals surface area contributed by atoms with E-state index in [4.69, 9.17) is 0 Å². The highest BCUT2D eigenvalue weighted by atomic mass is 15.2. The van der Waals surface area contributed by atoms with E-state index in [1.54, 1.807) is 0 Å². The van der Waals surface area contributed by atoms with E-state index in [9.17, 15) is 5.53 Å². The summed E-state index contributed by atoms with van der Waals surface area (Å²) in [7, 11) is 0. The number of benzene rings is 2. The molecule has 0 N–H and O–H groups in total. The topological polar surface area (TPSA) is 25.3 Å². The van der Waals surface area contributed by atoms with Crippen molar-refractivity contribution in [1.29, 1.82) is 0 Å². The quantitative estimate of drug-likeness (QED) is 0.0848. The molecule has 1 heterocycles. The maximum atomic E-state index is 11.9. The van der Waals surface area contributed by atoms with Gasteiger partial charge in [-0.05, 0) is 68.9 Å². The fraction of sp³-hybridized carbons (Fsp3) is 0.561. The smallest absolute Gasteiger partial charge is 0.223 e. The van der Waals surface area contributed by atoms with Crippen LogP contribution in [-0.4, -0.2) is 4.70 Å². The molecule has 0 saturated carbocycles. The molecule has 0 atom stereocenters. The van der Waals surface area contributed by atoms with Crippen LogP contribution >= 0.6 is 0 Å². The van der Waals surface area contributed by atoms with Gasteiger partial charge in [0.2, 0.25) is 11.4 Å². The van der Waals surface area contributed by atoms with Crippen LogP contribution < -0.4 is 0 Å². The Kier molecular flexibility index (Phi) is 16.2. The lowest BCUT2D eigenvalue weighted by Gasteiger charge is -2.11. The predicted molar refractivity (Wildman–Crippen MR) is 187 cm³/mol. The minimum absolute atomic E-state index is 0.845. The molecular formula is C41H58N2. The van der Waals surface area contributed by atoms with Crippen molar-refractivity contribution in [1.82, 2.24) is 0 Å². The van der Waals surface area contributed by atoms with Gasteiger partial charge in [-0.15, -0.1) is 0 Å². The Morgan fingerprint density at radius 1 is 0.605 bits per heavy atom. The van der Waals surface area contributed by atoms with Gasteiger partial charge in [0.15, 0.2) is 0 Å². The summed E-state index contributed by atoms with van der Waals surface area (Å²) in [5.41, 5.74) is 20.6. The van der Waals surface area contributed by atoms with Crippen molar-refractivity contribution in [3.8, 4) is 11.8 Å². The summed E-state index contributed by atoms with van der Waals surface area (Å²) >= 11 is 0. The summed E-state index contributed by atoms with van der Waals surface area (Å²) in [6, 6.07) is 17.4. The molecule has 3 rings (SSSR count). The zero-order valence-electron chi connectivity index (χ0n) is 27.9. The minimum atomic E-state index is 0.845. The van der Waals surface area contributed by atoms with Crippen molar-refractivity contribution in [2.24, 2.45) is 0 Å². The highest BCUT2D eigenvalue weighted by Crippen LogP contribution is 2.42. The van der Waals surface area contributed by atoms with Gasteiger partial charge in [-0.1, -0.05) is 146 Å². The third-order valence-corrected chi connectivity index (χ3v) is 8.74. The molecule has 1 aliphatic rings. The summed E-state index contributed by atoms with van der Waals surface area (Å²) in [4.78, 5) is 0. The van der Waals surface area contributed by atoms with Crippen LogP contribution in [0.15, 0.2) is 59.7 Å². The number of hydrogen-bond donors (Lipinski definition) is 0. The van der Waals surface area contributed by atoms with E-state index in [1.165, 1.54) is 111 Å². The second-order valence-corrected chi connectivity index (χ2v) is 12.6. The van der Waals surface area contributed by atoms with Crippen molar-refractivity contribution < 1.29 is 4.70 Å². The van der Waals surface area contributed by atoms with Gasteiger partial charge in [0.1, 0.15) is 5.57 Å². The molecule has 0 spiro atoms. The standard InChI is InChI=1S/C41H58N2/c1-5-8-11-14-15-16-17-18-19-22-28-38-39(27-21-13-10-7-3)41(43(42)40(38)36-31-29-34(4)30-32-36)37-26-23-25-35(33-37)24-20-12-9-6-2/h23,25-26,29-33H,5-21,24,27H2,1-4H3. The van der Waals surface area contributed by atoms with E-state index in [2.05, 4.69) is 88.1 Å². The molecule has 232 valence electrons. The largest absolute Gasteiger partial charge is 0.493 e. The highest BCUT2D eigenvalue weighted by Gasteiger charge is 2.35. The molecule has 2 heteroatoms. The van der Waals surface area contributed by atoms with Gasteiger partial charge in [0.05, 0.1) is 0 Å². The van der Waals surface area contributed by atoms with Crippen LogP contribution in [0.4, 0.5) is 0 Å². The highest BCUT2D eigenvalue weighted by molar-refractivity contribution is 5.85. The molecule has 1 aliphatic heterocycles. The average molecular weight is 579 g/mol. The molecule has 0 aliphatic carbocycles. The maximum Gasteiger partial charge on any atom is 0.223 e. The van der Waals surface area contributed by atoms with Crippen LogP contribution in [0.25, 0.3) is 16.9 Å². The summed E-state index contributed by atoms with van der Waals surface area (Å²) in [6.07, 6.45) is 23.2. The Bertz CT molecular complexity index is 1250. The lowest BCUT2D eigenvalue weighted by atomic mass is 9.94. The first-order valence-corrected chi connectivity index (χ1v) is 17.7. The monoisotopic (exact) mass is 578 g/mol. The number of unbranched alkanes of at least 4 members (excludes halogenated alkanes) is 14. The molecule has 2 aromatic rings. The van der Waals surface area contributed by atoms with Gasteiger partial charge >= 0.3 is 0 Å². The first-order valence-electron chi connectivity index (χ1n) is 17.7. The van der Waals surface area contributed by atoms with Gasteiger partial charge in [0, 0.05) is 23.1 Å². The SMILES string of the molecule is CCCCCCCCCCC#CC1=C(c2ccc(C)cc2)[N+](=[N-])C(c2cccc(CCCCCC)c2)=C1CCCCCC. The summed E-state index contributed by atoms with van der Waals surface area (Å²) in [5.74, 6) is 7.16. The van der Waals surface area contributed by atoms with E-state index in [1.807, 2.05) is 0 Å². The Hall–Kier alpha value is -2.92. The third kappa shape index (κ3) is 11.3. The molecule has 0 aromatic heterocycles. The molecular weight excluding hydrogens is 520 g/mol. The van der Waals surface area contributed by atoms with E-state index in [0.717, 1.165) is 60.2 Å². The van der Waals surface area contributed by atoms with Gasteiger partial charge < -0.3 is 5.53 Å². The molecule has 0 unspecified atom stereocenters. The van der Waals surface area contributed by atoms with Gasteiger partial charge in [0.25, 0.3) is 0 Å². The van der Waals surface area contributed by atoms with Gasteiger partial charge in [-0.25, -0.2) is 4.70 Å². The van der Waals surface area contributed by atoms with Crippen LogP contribution in [0, 0.1) is 18.8 Å². The van der Waals surface area contributed by atoms with E-state index in [0.29, 0.717) is 0 Å². The van der Waals surface area contributed by atoms with E-state index in [-0.39, 0.29) is 0 Å². The molecule has 0 radical (unpaired) electrons. The first kappa shape index (κ1) is 34.6. The Labute approximate surface area is 264 Å². The lowest BCUT2D eigenvalue weighted by Crippen LogP contribution is -2.03. The fourth-order valence-corrected chi connectivity index (χ4v) is 6.12. The molecule has 2 aromatic carbocycles. The third-order valence-electron chi connectivity index (χ3n) is 8.74. The molecule has 0 saturated heterocycles. The molecule has 2 nitrogen and oxygen atoms in total. The number of rotatable bonds is 20. The minimum Gasteiger partial charge on any atom is -0.493 e. The summed E-state index contributed by atoms with van der Waals surface area (Å²) < 4.78 is 1.47. The average Bonchev–Trinajstić information content (AvgIpc) is 3.29. The van der Waals surface area contributed by atoms with Crippen molar-refractivity contribution in [3.05, 3.63) is 87.5 Å². The Morgan fingerprint density at radius 3 is 1.84 bits per heavy atom. The molecule has 0 bridgehead atoms. The van der Waals surface area contributed by atoms with E-state index >= 15 is 0 Å². The van der Waals surface area contributed by atoms with Crippen molar-refractivity contribution >= 4 is 11.4 Å². The number of aryl methyl sites for hydroxylation is 2. The number of allylic oxidation sites excluding steroid dienone is 2. The van der Waals surface area contributed by atoms with Crippen LogP contribution in [0.3, 0.4) is 0 Å². The maximum absolute atomic E-state index is 11.9. The summed E-state index contributed by atoms with van der Waals surface area (Å²) in [5, 5.41) is 0. The van der Waals surface area contributed by atoms with Gasteiger partial charge in [-0.2, -0.15) is 0 Å². The normalized spacial score (nSPS) is 13.2. The molecule has 0 fully saturated rings. The first-order chi connectivity index (χ1) is 21.1. The van der Waals surface area contributed by atoms with Crippen molar-refractivity contribution in [2.75, 3.05) is 0 Å². The van der Waals surface area contributed by atoms with E-state index < -0.39 is 0 Å². The molecule has 43 heavy (non-hydrogen) atoms. The zero-order chi connectivity index (χ0) is 30.7. The summed E-state index contributed by atoms with van der Waals surface area (Å²) in [6.45, 7) is 8.92. The van der Waals surface area contributed by atoms with Crippen molar-refractivity contribution in [2.45, 2.75) is 150 Å². The van der Waals surface area contributed by atoms with Crippen molar-refractivity contribution in [3.63, 3.8) is 0 Å². The Balaban J connectivity index is 1.90. The van der Waals surface area contributed by atoms with Crippen LogP contribution in [0.2, 0.25) is 0 Å².